The van der Waals surface area contributed by atoms with Gasteiger partial charge in [0.25, 0.3) is 0 Å². The summed E-state index contributed by atoms with van der Waals surface area (Å²) in [5.74, 6) is 1.15. The second-order valence-corrected chi connectivity index (χ2v) is 8.69. The number of nitrogens with two attached hydrogens (primary N) is 1. The van der Waals surface area contributed by atoms with Crippen LogP contribution in [0.25, 0.3) is 0 Å². The van der Waals surface area contributed by atoms with Gasteiger partial charge in [0.1, 0.15) is 0 Å². The van der Waals surface area contributed by atoms with Crippen LogP contribution in [0, 0.1) is 0 Å². The molecule has 14 heavy (non-hydrogen) atoms. The molecular weight excluding hydrogens is 214 g/mol. The molecule has 3 nitrogen and oxygen atoms in total. The van der Waals surface area contributed by atoms with Gasteiger partial charge >= 0.3 is 8.56 Å². The van der Waals surface area contributed by atoms with E-state index in [9.17, 15) is 0 Å². The molecule has 0 amide bonds. The molecule has 2 N–H and O–H groups in total. The molecule has 0 bridgehead atoms. The van der Waals surface area contributed by atoms with Crippen LogP contribution in [0.1, 0.15) is 13.3 Å². The molecule has 5 heteroatoms. The lowest BCUT2D eigenvalue weighted by Crippen LogP contribution is -2.35. The van der Waals surface area contributed by atoms with E-state index in [1.165, 1.54) is 0 Å². The third-order valence-electron chi connectivity index (χ3n) is 2.37. The van der Waals surface area contributed by atoms with Crippen molar-refractivity contribution in [1.29, 1.82) is 0 Å². The van der Waals surface area contributed by atoms with Gasteiger partial charge < -0.3 is 14.6 Å². The fraction of sp³-hybridized carbons (Fsp3) is 1.00. The van der Waals surface area contributed by atoms with Crippen LogP contribution in [0.5, 0.6) is 0 Å². The van der Waals surface area contributed by atoms with E-state index in [2.05, 4.69) is 13.5 Å². The Hall–Kier alpha value is 0.447. The van der Waals surface area contributed by atoms with Crippen LogP contribution in [-0.2, 0) is 8.85 Å². The lowest BCUT2D eigenvalue weighted by Gasteiger charge is -2.22. The van der Waals surface area contributed by atoms with Gasteiger partial charge in [-0.1, -0.05) is 6.92 Å². The highest BCUT2D eigenvalue weighted by Gasteiger charge is 2.27. The molecule has 0 aliphatic carbocycles. The smallest absolute Gasteiger partial charge is 0.334 e. The largest absolute Gasteiger partial charge is 0.398 e. The first-order valence-electron chi connectivity index (χ1n) is 5.00. The van der Waals surface area contributed by atoms with Gasteiger partial charge in [0, 0.05) is 26.0 Å². The molecule has 0 fully saturated rings. The van der Waals surface area contributed by atoms with Crippen LogP contribution in [0.4, 0.5) is 0 Å². The molecule has 0 saturated heterocycles. The SMILES string of the molecule is CO[Si](C)(CCCSC(C)CN)OC. The predicted octanol–water partition coefficient (Wildman–Crippen LogP) is 1.82. The summed E-state index contributed by atoms with van der Waals surface area (Å²) in [6, 6.07) is 1.06. The van der Waals surface area contributed by atoms with Crippen molar-refractivity contribution in [3.05, 3.63) is 0 Å². The normalized spacial score (nSPS) is 14.4. The monoisotopic (exact) mass is 237 g/mol. The minimum Gasteiger partial charge on any atom is -0.398 e. The van der Waals surface area contributed by atoms with E-state index < -0.39 is 8.56 Å². The number of rotatable bonds is 8. The fourth-order valence-electron chi connectivity index (χ4n) is 1.03. The van der Waals surface area contributed by atoms with Crippen LogP contribution in [0.3, 0.4) is 0 Å². The third-order valence-corrected chi connectivity index (χ3v) is 6.65. The van der Waals surface area contributed by atoms with Gasteiger partial charge in [-0.2, -0.15) is 11.8 Å². The zero-order chi connectivity index (χ0) is 11.0. The quantitative estimate of drug-likeness (QED) is 0.517. The lowest BCUT2D eigenvalue weighted by molar-refractivity contribution is 0.249. The molecule has 0 radical (unpaired) electrons. The zero-order valence-corrected chi connectivity index (χ0v) is 11.5. The van der Waals surface area contributed by atoms with Crippen molar-refractivity contribution in [1.82, 2.24) is 0 Å². The van der Waals surface area contributed by atoms with Crippen LogP contribution >= 0.6 is 11.8 Å². The van der Waals surface area contributed by atoms with Crippen molar-refractivity contribution < 1.29 is 8.85 Å². The summed E-state index contributed by atoms with van der Waals surface area (Å²) in [4.78, 5) is 0. The van der Waals surface area contributed by atoms with Crippen molar-refractivity contribution in [2.75, 3.05) is 26.5 Å². The van der Waals surface area contributed by atoms with Gasteiger partial charge in [0.05, 0.1) is 0 Å². The molecule has 0 aromatic rings. The lowest BCUT2D eigenvalue weighted by atomic mass is 10.5. The molecule has 0 aliphatic heterocycles. The third kappa shape index (κ3) is 6.03. The van der Waals surface area contributed by atoms with E-state index in [1.54, 1.807) is 14.2 Å². The Morgan fingerprint density at radius 1 is 1.36 bits per heavy atom. The maximum Gasteiger partial charge on any atom is 0.334 e. The Kier molecular flexibility index (Phi) is 7.95. The Bertz CT molecular complexity index is 145. The van der Waals surface area contributed by atoms with Crippen molar-refractivity contribution >= 4 is 20.3 Å². The molecule has 86 valence electrons. The van der Waals surface area contributed by atoms with E-state index in [1.807, 2.05) is 11.8 Å². The molecule has 0 rings (SSSR count). The summed E-state index contributed by atoms with van der Waals surface area (Å²) in [5, 5.41) is 0.563. The van der Waals surface area contributed by atoms with E-state index >= 15 is 0 Å². The van der Waals surface area contributed by atoms with Crippen molar-refractivity contribution in [3.63, 3.8) is 0 Å². The Labute approximate surface area is 93.0 Å². The molecule has 0 spiro atoms. The zero-order valence-electron chi connectivity index (χ0n) is 9.71. The fourth-order valence-corrected chi connectivity index (χ4v) is 3.53. The van der Waals surface area contributed by atoms with Gasteiger partial charge in [-0.3, -0.25) is 0 Å². The highest BCUT2D eigenvalue weighted by molar-refractivity contribution is 7.99. The minimum atomic E-state index is -1.82. The predicted molar refractivity (Wildman–Crippen MR) is 66.0 cm³/mol. The number of hydrogen-bond donors (Lipinski definition) is 1. The summed E-state index contributed by atoms with van der Waals surface area (Å²) in [6.07, 6.45) is 1.15. The first kappa shape index (κ1) is 14.4. The highest BCUT2D eigenvalue weighted by atomic mass is 32.2. The van der Waals surface area contributed by atoms with Crippen LogP contribution < -0.4 is 5.73 Å². The average molecular weight is 237 g/mol. The summed E-state index contributed by atoms with van der Waals surface area (Å²) >= 11 is 1.92. The van der Waals surface area contributed by atoms with E-state index in [0.29, 0.717) is 5.25 Å². The summed E-state index contributed by atoms with van der Waals surface area (Å²) in [6.45, 7) is 5.02. The molecule has 1 atom stereocenters. The van der Waals surface area contributed by atoms with Crippen molar-refractivity contribution in [2.45, 2.75) is 31.2 Å². The van der Waals surface area contributed by atoms with Gasteiger partial charge in [0.15, 0.2) is 0 Å². The summed E-state index contributed by atoms with van der Waals surface area (Å²) in [7, 11) is 1.66. The molecule has 1 unspecified atom stereocenters. The van der Waals surface area contributed by atoms with Crippen LogP contribution in [0.2, 0.25) is 12.6 Å². The van der Waals surface area contributed by atoms with Gasteiger partial charge in [-0.15, -0.1) is 0 Å². The molecular formula is C9H23NO2SSi. The first-order valence-corrected chi connectivity index (χ1v) is 8.57. The highest BCUT2D eigenvalue weighted by Crippen LogP contribution is 2.18. The first-order chi connectivity index (χ1) is 6.58. The topological polar surface area (TPSA) is 44.5 Å². The van der Waals surface area contributed by atoms with Crippen molar-refractivity contribution in [3.8, 4) is 0 Å². The van der Waals surface area contributed by atoms with Crippen molar-refractivity contribution in [2.24, 2.45) is 5.73 Å². The summed E-state index contributed by atoms with van der Waals surface area (Å²) < 4.78 is 10.8. The Morgan fingerprint density at radius 3 is 2.36 bits per heavy atom. The maximum absolute atomic E-state index is 5.53. The van der Waals surface area contributed by atoms with Crippen LogP contribution in [-0.4, -0.2) is 40.3 Å². The summed E-state index contributed by atoms with van der Waals surface area (Å²) in [5.41, 5.74) is 5.53. The van der Waals surface area contributed by atoms with Gasteiger partial charge in [0.2, 0.25) is 0 Å². The molecule has 0 heterocycles. The Balaban J connectivity index is 3.52. The Morgan fingerprint density at radius 2 is 1.93 bits per heavy atom. The number of thioether (sulfide) groups is 1. The van der Waals surface area contributed by atoms with E-state index in [0.717, 1.165) is 24.8 Å². The van der Waals surface area contributed by atoms with E-state index in [4.69, 9.17) is 14.6 Å². The van der Waals surface area contributed by atoms with Gasteiger partial charge in [-0.05, 0) is 24.8 Å². The molecule has 0 aliphatic rings. The number of hydrogen-bond acceptors (Lipinski definition) is 4. The average Bonchev–Trinajstić information content (AvgIpc) is 2.23. The molecule has 0 saturated carbocycles. The van der Waals surface area contributed by atoms with E-state index in [-0.39, 0.29) is 0 Å². The minimum absolute atomic E-state index is 0.563. The molecule has 0 aromatic carbocycles. The second kappa shape index (κ2) is 7.70. The molecule has 0 aromatic heterocycles. The van der Waals surface area contributed by atoms with Crippen LogP contribution in [0.15, 0.2) is 0 Å². The van der Waals surface area contributed by atoms with Gasteiger partial charge in [-0.25, -0.2) is 0 Å². The second-order valence-electron chi connectivity index (χ2n) is 3.56. The maximum atomic E-state index is 5.53. The standard InChI is InChI=1S/C9H23NO2SSi/c1-9(8-10)13-6-5-7-14(4,11-2)12-3/h9H,5-8,10H2,1-4H3.